The van der Waals surface area contributed by atoms with Gasteiger partial charge in [-0.1, -0.05) is 0 Å². The molecule has 0 atom stereocenters. The maximum atomic E-state index is 11.2. The quantitative estimate of drug-likeness (QED) is 0.0411. The zero-order valence-electron chi connectivity index (χ0n) is 26.7. The van der Waals surface area contributed by atoms with Gasteiger partial charge in [0.1, 0.15) is 0 Å². The van der Waals surface area contributed by atoms with Crippen LogP contribution >= 0.6 is 0 Å². The molecule has 46 heavy (non-hydrogen) atoms. The molecule has 0 radical (unpaired) electrons. The second-order valence-corrected chi connectivity index (χ2v) is 9.60. The molecule has 0 saturated carbocycles. The lowest BCUT2D eigenvalue weighted by atomic mass is 10.2. The highest BCUT2D eigenvalue weighted by Gasteiger charge is 2.10. The molecule has 0 saturated heterocycles. The van der Waals surface area contributed by atoms with E-state index in [1.807, 2.05) is 0 Å². The predicted octanol–water partition coefficient (Wildman–Crippen LogP) is 1.51. The molecule has 0 aromatic carbocycles. The number of aliphatic hydroxyl groups excluding tert-OH is 4. The molecular weight excluding hydrogens is 616 g/mol. The van der Waals surface area contributed by atoms with E-state index >= 15 is 0 Å². The fraction of sp³-hybridized carbons (Fsp3) is 0.800. The molecule has 0 aliphatic rings. The fourth-order valence-electron chi connectivity index (χ4n) is 2.85. The van der Waals surface area contributed by atoms with Crippen LogP contribution in [0.2, 0.25) is 0 Å². The first-order valence-electron chi connectivity index (χ1n) is 15.5. The minimum absolute atomic E-state index is 0.0119. The minimum atomic E-state index is -0.870. The number of unbranched alkanes of at least 4 members (excludes halogenated alkanes) is 5. The average molecular weight is 671 g/mol. The van der Waals surface area contributed by atoms with Crippen LogP contribution < -0.4 is 0 Å². The van der Waals surface area contributed by atoms with E-state index in [1.165, 1.54) is 0 Å². The number of carboxylic acids is 2. The number of hydrogen-bond acceptors (Lipinski definition) is 14. The van der Waals surface area contributed by atoms with Crippen LogP contribution in [-0.2, 0) is 47.7 Å². The Bertz CT molecular complexity index is 675. The van der Waals surface area contributed by atoms with Crippen LogP contribution in [0.4, 0.5) is 0 Å². The van der Waals surface area contributed by atoms with E-state index in [1.54, 1.807) is 0 Å². The molecule has 0 aliphatic heterocycles. The molecule has 16 nitrogen and oxygen atoms in total. The van der Waals surface area contributed by atoms with Crippen LogP contribution in [0.5, 0.6) is 0 Å². The van der Waals surface area contributed by atoms with Crippen molar-refractivity contribution < 1.29 is 78.4 Å². The van der Waals surface area contributed by atoms with Gasteiger partial charge in [0.15, 0.2) is 0 Å². The lowest BCUT2D eigenvalue weighted by Gasteiger charge is -2.05. The van der Waals surface area contributed by atoms with Crippen molar-refractivity contribution in [1.82, 2.24) is 0 Å². The van der Waals surface area contributed by atoms with Crippen LogP contribution in [0.1, 0.15) is 103 Å². The predicted molar refractivity (Wildman–Crippen MR) is 161 cm³/mol. The normalized spacial score (nSPS) is 9.91. The van der Waals surface area contributed by atoms with Crippen LogP contribution in [0.3, 0.4) is 0 Å². The van der Waals surface area contributed by atoms with Gasteiger partial charge < -0.3 is 49.6 Å². The molecule has 0 bridgehead atoms. The van der Waals surface area contributed by atoms with Crippen LogP contribution in [0.25, 0.3) is 0 Å². The monoisotopic (exact) mass is 670 g/mol. The number of aliphatic hydroxyl groups is 4. The zero-order valence-corrected chi connectivity index (χ0v) is 26.7. The smallest absolute Gasteiger partial charge is 0.306 e. The van der Waals surface area contributed by atoms with Gasteiger partial charge in [0.2, 0.25) is 0 Å². The molecule has 0 aliphatic carbocycles. The molecule has 0 unspecified atom stereocenters. The molecule has 270 valence electrons. The Morgan fingerprint density at radius 2 is 0.543 bits per heavy atom. The van der Waals surface area contributed by atoms with Gasteiger partial charge in [-0.25, -0.2) is 0 Å². The van der Waals surface area contributed by atoms with Crippen LogP contribution in [0, 0.1) is 0 Å². The third-order valence-electron chi connectivity index (χ3n) is 5.36. The maximum absolute atomic E-state index is 11.2. The Kier molecular flexibility index (Phi) is 38.7. The molecule has 0 aromatic rings. The summed E-state index contributed by atoms with van der Waals surface area (Å²) in [4.78, 5) is 64.4. The highest BCUT2D eigenvalue weighted by Crippen LogP contribution is 2.01. The van der Waals surface area contributed by atoms with E-state index in [9.17, 15) is 28.8 Å². The Hall–Kier alpha value is -3.34. The van der Waals surface area contributed by atoms with Crippen molar-refractivity contribution in [3.63, 3.8) is 0 Å². The largest absolute Gasteiger partial charge is 0.481 e. The van der Waals surface area contributed by atoms with Crippen molar-refractivity contribution in [3.05, 3.63) is 0 Å². The Morgan fingerprint density at radius 3 is 0.717 bits per heavy atom. The molecule has 16 heteroatoms. The summed E-state index contributed by atoms with van der Waals surface area (Å²) in [5.41, 5.74) is 0. The van der Waals surface area contributed by atoms with Crippen molar-refractivity contribution in [2.45, 2.75) is 103 Å². The van der Waals surface area contributed by atoms with E-state index in [2.05, 4.69) is 0 Å². The Morgan fingerprint density at radius 1 is 0.326 bits per heavy atom. The SMILES string of the molecule is O=C(CCC(=O)OCCCCO)OCCCCO.O=C(CCC(=O)OCCCCO)OCCCCO.O=C(O)CCCCC(=O)O. The third kappa shape index (κ3) is 45.1. The second kappa shape index (κ2) is 37.8. The van der Waals surface area contributed by atoms with Crippen LogP contribution in [-0.4, -0.2) is 119 Å². The number of carbonyl (C=O) groups excluding carboxylic acids is 4. The first-order chi connectivity index (χ1) is 22.0. The summed E-state index contributed by atoms with van der Waals surface area (Å²) in [5, 5.41) is 50.3. The summed E-state index contributed by atoms with van der Waals surface area (Å²) in [6, 6.07) is 0. The number of carboxylic acid groups (broad SMARTS) is 2. The zero-order chi connectivity index (χ0) is 35.3. The number of esters is 4. The Labute approximate surface area is 270 Å². The summed E-state index contributed by atoms with van der Waals surface area (Å²) in [6.45, 7) is 1.40. The minimum Gasteiger partial charge on any atom is -0.481 e. The van der Waals surface area contributed by atoms with Crippen LogP contribution in [0.15, 0.2) is 0 Å². The molecule has 0 fully saturated rings. The van der Waals surface area contributed by atoms with Gasteiger partial charge in [-0.15, -0.1) is 0 Å². The summed E-state index contributed by atoms with van der Waals surface area (Å²) in [5.74, 6) is -3.46. The molecule has 0 spiro atoms. The third-order valence-corrected chi connectivity index (χ3v) is 5.36. The maximum Gasteiger partial charge on any atom is 0.306 e. The average Bonchev–Trinajstić information content (AvgIpc) is 3.02. The number of aliphatic carboxylic acids is 2. The summed E-state index contributed by atoms with van der Waals surface area (Å²) in [6.07, 6.45) is 5.93. The molecular formula is C30H54O16. The summed E-state index contributed by atoms with van der Waals surface area (Å²) in [7, 11) is 0. The fourth-order valence-corrected chi connectivity index (χ4v) is 2.85. The Balaban J connectivity index is -0.000000630. The standard InChI is InChI=1S/2C12H22O6.C6H10O4/c2*13-7-1-3-9-17-11(15)5-6-12(16)18-10-4-2-8-14;7-5(8)3-1-2-4-6(9)10/h2*13-14H,1-10H2;1-4H2,(H,7,8)(H,9,10). The highest BCUT2D eigenvalue weighted by atomic mass is 16.5. The van der Waals surface area contributed by atoms with Gasteiger partial charge in [0, 0.05) is 39.3 Å². The van der Waals surface area contributed by atoms with E-state index < -0.39 is 35.8 Å². The summed E-state index contributed by atoms with van der Waals surface area (Å²) < 4.78 is 19.4. The molecule has 6 N–H and O–H groups in total. The van der Waals surface area contributed by atoms with Crippen molar-refractivity contribution in [2.24, 2.45) is 0 Å². The first-order valence-corrected chi connectivity index (χ1v) is 15.5. The highest BCUT2D eigenvalue weighted by molar-refractivity contribution is 5.78. The van der Waals surface area contributed by atoms with Gasteiger partial charge in [0.25, 0.3) is 0 Å². The van der Waals surface area contributed by atoms with Crippen molar-refractivity contribution in [1.29, 1.82) is 0 Å². The van der Waals surface area contributed by atoms with Gasteiger partial charge in [0.05, 0.1) is 52.1 Å². The van der Waals surface area contributed by atoms with Gasteiger partial charge in [-0.3, -0.25) is 28.8 Å². The van der Waals surface area contributed by atoms with Gasteiger partial charge >= 0.3 is 35.8 Å². The number of carbonyl (C=O) groups is 6. The topological polar surface area (TPSA) is 261 Å². The number of ether oxygens (including phenoxy) is 4. The molecule has 0 heterocycles. The van der Waals surface area contributed by atoms with Gasteiger partial charge in [-0.05, 0) is 64.2 Å². The first kappa shape index (κ1) is 47.1. The van der Waals surface area contributed by atoms with Crippen molar-refractivity contribution >= 4 is 35.8 Å². The number of hydrogen-bond donors (Lipinski definition) is 6. The lowest BCUT2D eigenvalue weighted by Crippen LogP contribution is -2.11. The van der Waals surface area contributed by atoms with Crippen molar-refractivity contribution in [3.8, 4) is 0 Å². The van der Waals surface area contributed by atoms with E-state index in [0.717, 1.165) is 0 Å². The molecule has 0 aromatic heterocycles. The van der Waals surface area contributed by atoms with E-state index in [0.29, 0.717) is 64.2 Å². The van der Waals surface area contributed by atoms with E-state index in [-0.39, 0.29) is 91.4 Å². The van der Waals surface area contributed by atoms with Crippen molar-refractivity contribution in [2.75, 3.05) is 52.9 Å². The lowest BCUT2D eigenvalue weighted by molar-refractivity contribution is -0.150. The van der Waals surface area contributed by atoms with Gasteiger partial charge in [-0.2, -0.15) is 0 Å². The second-order valence-electron chi connectivity index (χ2n) is 9.60. The molecule has 0 rings (SSSR count). The van der Waals surface area contributed by atoms with E-state index in [4.69, 9.17) is 49.6 Å². The molecule has 0 amide bonds. The number of rotatable bonds is 27. The summed E-state index contributed by atoms with van der Waals surface area (Å²) >= 11 is 0.